The summed E-state index contributed by atoms with van der Waals surface area (Å²) in [5, 5.41) is 14.5. The van der Waals surface area contributed by atoms with Crippen molar-refractivity contribution in [2.45, 2.75) is 38.3 Å². The van der Waals surface area contributed by atoms with E-state index in [1.165, 1.54) is 0 Å². The Morgan fingerprint density at radius 2 is 2.50 bits per heavy atom. The number of carboxylic acids is 1. The molecule has 3 N–H and O–H groups in total. The lowest BCUT2D eigenvalue weighted by Gasteiger charge is -2.26. The standard InChI is InChI=1S/C9H16N2O3/c1-2-7(9(13)14)11-6-3-4-8(12)10-5-6/h6-7,11H,2-5H2,1H3,(H,10,12)(H,13,14). The Hall–Kier alpha value is -1.10. The Labute approximate surface area is 82.9 Å². The number of amides is 1. The van der Waals surface area contributed by atoms with Crippen LogP contribution in [0.1, 0.15) is 26.2 Å². The van der Waals surface area contributed by atoms with Gasteiger partial charge in [0.05, 0.1) is 0 Å². The molecule has 1 fully saturated rings. The summed E-state index contributed by atoms with van der Waals surface area (Å²) >= 11 is 0. The smallest absolute Gasteiger partial charge is 0.320 e. The number of piperidine rings is 1. The van der Waals surface area contributed by atoms with Crippen molar-refractivity contribution < 1.29 is 14.7 Å². The first-order valence-electron chi connectivity index (χ1n) is 4.89. The van der Waals surface area contributed by atoms with Crippen LogP contribution >= 0.6 is 0 Å². The fraction of sp³-hybridized carbons (Fsp3) is 0.778. The molecular weight excluding hydrogens is 184 g/mol. The van der Waals surface area contributed by atoms with Gasteiger partial charge in [0.1, 0.15) is 6.04 Å². The molecule has 1 saturated heterocycles. The number of carbonyl (C=O) groups is 2. The average molecular weight is 200 g/mol. The molecule has 2 unspecified atom stereocenters. The van der Waals surface area contributed by atoms with Crippen molar-refractivity contribution in [1.29, 1.82) is 0 Å². The molecular formula is C9H16N2O3. The number of rotatable bonds is 4. The molecule has 5 heteroatoms. The van der Waals surface area contributed by atoms with Gasteiger partial charge in [0.15, 0.2) is 0 Å². The summed E-state index contributed by atoms with van der Waals surface area (Å²) < 4.78 is 0. The second-order valence-corrected chi connectivity index (χ2v) is 3.51. The van der Waals surface area contributed by atoms with Crippen LogP contribution < -0.4 is 10.6 Å². The van der Waals surface area contributed by atoms with Crippen molar-refractivity contribution in [2.75, 3.05) is 6.54 Å². The van der Waals surface area contributed by atoms with Crippen LogP contribution in [-0.4, -0.2) is 35.6 Å². The maximum Gasteiger partial charge on any atom is 0.320 e. The Kier molecular flexibility index (Phi) is 3.88. The molecule has 0 bridgehead atoms. The second kappa shape index (κ2) is 4.95. The molecule has 0 saturated carbocycles. The fourth-order valence-electron chi connectivity index (χ4n) is 1.52. The van der Waals surface area contributed by atoms with Crippen molar-refractivity contribution in [2.24, 2.45) is 0 Å². The summed E-state index contributed by atoms with van der Waals surface area (Å²) in [7, 11) is 0. The van der Waals surface area contributed by atoms with Crippen LogP contribution in [0, 0.1) is 0 Å². The molecule has 5 nitrogen and oxygen atoms in total. The predicted octanol–water partition coefficient (Wildman–Crippen LogP) is -0.282. The van der Waals surface area contributed by atoms with E-state index in [2.05, 4.69) is 10.6 Å². The maximum atomic E-state index is 10.8. The number of hydrogen-bond acceptors (Lipinski definition) is 3. The molecule has 1 heterocycles. The third-order valence-corrected chi connectivity index (χ3v) is 2.41. The van der Waals surface area contributed by atoms with Crippen LogP contribution in [0.4, 0.5) is 0 Å². The number of aliphatic carboxylic acids is 1. The van der Waals surface area contributed by atoms with E-state index in [9.17, 15) is 9.59 Å². The van der Waals surface area contributed by atoms with Crippen molar-refractivity contribution in [3.8, 4) is 0 Å². The van der Waals surface area contributed by atoms with Crippen LogP contribution in [0.2, 0.25) is 0 Å². The lowest BCUT2D eigenvalue weighted by molar-refractivity contribution is -0.139. The molecule has 0 spiro atoms. The third-order valence-electron chi connectivity index (χ3n) is 2.41. The van der Waals surface area contributed by atoms with Gasteiger partial charge in [-0.05, 0) is 12.8 Å². The first-order valence-corrected chi connectivity index (χ1v) is 4.89. The van der Waals surface area contributed by atoms with Crippen molar-refractivity contribution in [3.63, 3.8) is 0 Å². The van der Waals surface area contributed by atoms with E-state index in [1.807, 2.05) is 6.92 Å². The summed E-state index contributed by atoms with van der Waals surface area (Å²) in [4.78, 5) is 21.6. The molecule has 1 aliphatic rings. The molecule has 0 aromatic rings. The number of hydrogen-bond donors (Lipinski definition) is 3. The number of nitrogens with one attached hydrogen (secondary N) is 2. The molecule has 0 aromatic carbocycles. The summed E-state index contributed by atoms with van der Waals surface area (Å²) in [6, 6.07) is -0.413. The lowest BCUT2D eigenvalue weighted by Crippen LogP contribution is -2.51. The highest BCUT2D eigenvalue weighted by Crippen LogP contribution is 2.04. The maximum absolute atomic E-state index is 10.8. The van der Waals surface area contributed by atoms with Crippen molar-refractivity contribution >= 4 is 11.9 Å². The first-order chi connectivity index (χ1) is 6.63. The van der Waals surface area contributed by atoms with Gasteiger partial charge in [0, 0.05) is 19.0 Å². The van der Waals surface area contributed by atoms with Gasteiger partial charge in [-0.2, -0.15) is 0 Å². The van der Waals surface area contributed by atoms with E-state index in [4.69, 9.17) is 5.11 Å². The normalized spacial score (nSPS) is 24.1. The lowest BCUT2D eigenvalue weighted by atomic mass is 10.1. The quantitative estimate of drug-likeness (QED) is 0.583. The van der Waals surface area contributed by atoms with Crippen LogP contribution in [0.25, 0.3) is 0 Å². The summed E-state index contributed by atoms with van der Waals surface area (Å²) in [6.45, 7) is 2.36. The van der Waals surface area contributed by atoms with E-state index >= 15 is 0 Å². The molecule has 80 valence electrons. The van der Waals surface area contributed by atoms with E-state index in [0.717, 1.165) is 6.42 Å². The molecule has 0 aromatic heterocycles. The largest absolute Gasteiger partial charge is 0.480 e. The van der Waals surface area contributed by atoms with Crippen molar-refractivity contribution in [3.05, 3.63) is 0 Å². The molecule has 1 amide bonds. The van der Waals surface area contributed by atoms with Crippen molar-refractivity contribution in [1.82, 2.24) is 10.6 Å². The highest BCUT2D eigenvalue weighted by molar-refractivity contribution is 5.77. The zero-order valence-electron chi connectivity index (χ0n) is 8.25. The predicted molar refractivity (Wildman–Crippen MR) is 50.9 cm³/mol. The Morgan fingerprint density at radius 1 is 1.79 bits per heavy atom. The Bertz CT molecular complexity index is 220. The van der Waals surface area contributed by atoms with E-state index in [1.54, 1.807) is 0 Å². The van der Waals surface area contributed by atoms with E-state index in [0.29, 0.717) is 19.4 Å². The van der Waals surface area contributed by atoms with Gasteiger partial charge < -0.3 is 10.4 Å². The van der Waals surface area contributed by atoms with Gasteiger partial charge in [0.2, 0.25) is 5.91 Å². The van der Waals surface area contributed by atoms with Gasteiger partial charge in [-0.1, -0.05) is 6.92 Å². The molecule has 14 heavy (non-hydrogen) atoms. The first kappa shape index (κ1) is 11.0. The van der Waals surface area contributed by atoms with Gasteiger partial charge in [0.25, 0.3) is 0 Å². The Balaban J connectivity index is 2.36. The third kappa shape index (κ3) is 2.99. The SMILES string of the molecule is CCC(NC1CCC(=O)NC1)C(=O)O. The molecule has 1 aliphatic heterocycles. The fourth-order valence-corrected chi connectivity index (χ4v) is 1.52. The monoisotopic (exact) mass is 200 g/mol. The van der Waals surface area contributed by atoms with Gasteiger partial charge in [-0.15, -0.1) is 0 Å². The highest BCUT2D eigenvalue weighted by atomic mass is 16.4. The Morgan fingerprint density at radius 3 is 2.93 bits per heavy atom. The zero-order valence-corrected chi connectivity index (χ0v) is 8.25. The van der Waals surface area contributed by atoms with Gasteiger partial charge in [-0.25, -0.2) is 0 Å². The topological polar surface area (TPSA) is 78.4 Å². The van der Waals surface area contributed by atoms with Gasteiger partial charge >= 0.3 is 5.97 Å². The summed E-state index contributed by atoms with van der Waals surface area (Å²) in [6.07, 6.45) is 1.75. The minimum atomic E-state index is -0.829. The van der Waals surface area contributed by atoms with Crippen LogP contribution in [0.5, 0.6) is 0 Å². The minimum absolute atomic E-state index is 0.0476. The summed E-state index contributed by atoms with van der Waals surface area (Å²) in [5.41, 5.74) is 0. The molecule has 1 rings (SSSR count). The summed E-state index contributed by atoms with van der Waals surface area (Å²) in [5.74, 6) is -0.782. The average Bonchev–Trinajstić information content (AvgIpc) is 2.16. The molecule has 0 aliphatic carbocycles. The molecule has 2 atom stereocenters. The van der Waals surface area contributed by atoms with Crippen LogP contribution in [0.15, 0.2) is 0 Å². The van der Waals surface area contributed by atoms with E-state index in [-0.39, 0.29) is 11.9 Å². The molecule has 0 radical (unpaired) electrons. The highest BCUT2D eigenvalue weighted by Gasteiger charge is 2.23. The number of carbonyl (C=O) groups excluding carboxylic acids is 1. The number of carboxylic acid groups (broad SMARTS) is 1. The van der Waals surface area contributed by atoms with Gasteiger partial charge in [-0.3, -0.25) is 14.9 Å². The second-order valence-electron chi connectivity index (χ2n) is 3.51. The zero-order chi connectivity index (χ0) is 10.6. The van der Waals surface area contributed by atoms with E-state index < -0.39 is 12.0 Å². The van der Waals surface area contributed by atoms with Crippen LogP contribution in [0.3, 0.4) is 0 Å². The minimum Gasteiger partial charge on any atom is -0.480 e. The van der Waals surface area contributed by atoms with Crippen LogP contribution in [-0.2, 0) is 9.59 Å².